The number of ether oxygens (including phenoxy) is 1. The first-order chi connectivity index (χ1) is 7.63. The van der Waals surface area contributed by atoms with E-state index in [0.717, 1.165) is 0 Å². The van der Waals surface area contributed by atoms with Crippen molar-refractivity contribution in [2.75, 3.05) is 7.11 Å². The van der Waals surface area contributed by atoms with Gasteiger partial charge in [-0.05, 0) is 6.07 Å². The number of nitrogens with zero attached hydrogens (tertiary/aromatic N) is 1. The van der Waals surface area contributed by atoms with Gasteiger partial charge < -0.3 is 9.72 Å². The molecule has 0 spiro atoms. The molecule has 16 heavy (non-hydrogen) atoms. The van der Waals surface area contributed by atoms with Gasteiger partial charge in [0.05, 0.1) is 12.0 Å². The topological polar surface area (TPSA) is 85.2 Å². The molecule has 0 bridgehead atoms. The molecule has 0 aliphatic heterocycles. The third-order valence-electron chi connectivity index (χ3n) is 2.24. The lowest BCUT2D eigenvalue weighted by Gasteiger charge is -2.02. The van der Waals surface area contributed by atoms with Crippen LogP contribution in [0.4, 0.5) is 5.69 Å². The minimum atomic E-state index is -0.537. The number of nitrogens with one attached hydrogen (secondary N) is 1. The van der Waals surface area contributed by atoms with Crippen LogP contribution >= 0.6 is 0 Å². The van der Waals surface area contributed by atoms with Crippen molar-refractivity contribution in [3.8, 4) is 5.75 Å². The number of pyridine rings is 1. The number of rotatable bonds is 2. The first-order valence-corrected chi connectivity index (χ1v) is 4.48. The van der Waals surface area contributed by atoms with Crippen molar-refractivity contribution in [2.45, 2.75) is 0 Å². The molecule has 0 amide bonds. The van der Waals surface area contributed by atoms with E-state index in [1.165, 1.54) is 19.2 Å². The summed E-state index contributed by atoms with van der Waals surface area (Å²) >= 11 is 0. The SMILES string of the molecule is COc1cc2cccc([N+](=O)[O-])c2[nH]c1=O. The number of methoxy groups -OCH3 is 1. The molecular weight excluding hydrogens is 212 g/mol. The number of nitro benzene ring substituents is 1. The third kappa shape index (κ3) is 1.50. The van der Waals surface area contributed by atoms with Crippen LogP contribution in [0.15, 0.2) is 29.1 Å². The van der Waals surface area contributed by atoms with Crippen LogP contribution in [0.25, 0.3) is 10.9 Å². The van der Waals surface area contributed by atoms with Gasteiger partial charge in [-0.3, -0.25) is 14.9 Å². The second-order valence-electron chi connectivity index (χ2n) is 3.17. The van der Waals surface area contributed by atoms with Crippen LogP contribution in [0.2, 0.25) is 0 Å². The first-order valence-electron chi connectivity index (χ1n) is 4.48. The Hall–Kier alpha value is -2.37. The standard InChI is InChI=1S/C10H8N2O4/c1-16-8-5-6-3-2-4-7(12(14)15)9(6)11-10(8)13/h2-5H,1H3,(H,11,13). The maximum absolute atomic E-state index is 11.4. The van der Waals surface area contributed by atoms with Crippen LogP contribution in [-0.4, -0.2) is 17.0 Å². The number of aromatic nitrogens is 1. The maximum Gasteiger partial charge on any atom is 0.293 e. The Balaban J connectivity index is 2.85. The molecule has 0 saturated carbocycles. The van der Waals surface area contributed by atoms with Gasteiger partial charge in [-0.15, -0.1) is 0 Å². The Morgan fingerprint density at radius 3 is 2.81 bits per heavy atom. The third-order valence-corrected chi connectivity index (χ3v) is 2.24. The Morgan fingerprint density at radius 2 is 2.19 bits per heavy atom. The van der Waals surface area contributed by atoms with Crippen LogP contribution in [0, 0.1) is 10.1 Å². The van der Waals surface area contributed by atoms with Gasteiger partial charge in [-0.25, -0.2) is 0 Å². The van der Waals surface area contributed by atoms with Crippen molar-refractivity contribution in [2.24, 2.45) is 0 Å². The fourth-order valence-corrected chi connectivity index (χ4v) is 1.50. The smallest absolute Gasteiger partial charge is 0.293 e. The molecule has 0 saturated heterocycles. The number of aromatic amines is 1. The molecule has 0 atom stereocenters. The van der Waals surface area contributed by atoms with E-state index in [4.69, 9.17) is 4.74 Å². The van der Waals surface area contributed by atoms with E-state index in [2.05, 4.69) is 4.98 Å². The highest BCUT2D eigenvalue weighted by Gasteiger charge is 2.13. The van der Waals surface area contributed by atoms with Gasteiger partial charge in [0.25, 0.3) is 11.2 Å². The van der Waals surface area contributed by atoms with E-state index in [0.29, 0.717) is 5.39 Å². The van der Waals surface area contributed by atoms with Crippen molar-refractivity contribution in [1.29, 1.82) is 0 Å². The fraction of sp³-hybridized carbons (Fsp3) is 0.100. The quantitative estimate of drug-likeness (QED) is 0.613. The number of H-pyrrole nitrogens is 1. The number of para-hydroxylation sites is 1. The van der Waals surface area contributed by atoms with Gasteiger partial charge in [0.15, 0.2) is 5.75 Å². The number of nitro groups is 1. The summed E-state index contributed by atoms with van der Waals surface area (Å²) in [6.45, 7) is 0. The van der Waals surface area contributed by atoms with Crippen molar-refractivity contribution in [3.05, 3.63) is 44.7 Å². The lowest BCUT2D eigenvalue weighted by molar-refractivity contribution is -0.383. The van der Waals surface area contributed by atoms with E-state index in [-0.39, 0.29) is 17.0 Å². The molecule has 0 aliphatic rings. The second kappa shape index (κ2) is 3.65. The number of hydrogen-bond acceptors (Lipinski definition) is 4. The summed E-state index contributed by atoms with van der Waals surface area (Å²) in [5.74, 6) is 0.132. The summed E-state index contributed by atoms with van der Waals surface area (Å²) in [6, 6.07) is 6.03. The lowest BCUT2D eigenvalue weighted by atomic mass is 10.2. The summed E-state index contributed by atoms with van der Waals surface area (Å²) in [5, 5.41) is 11.3. The minimum absolute atomic E-state index is 0.128. The molecule has 0 fully saturated rings. The Labute approximate surface area is 89.6 Å². The van der Waals surface area contributed by atoms with E-state index < -0.39 is 10.5 Å². The molecule has 0 aliphatic carbocycles. The predicted octanol–water partition coefficient (Wildman–Crippen LogP) is 1.44. The van der Waals surface area contributed by atoms with E-state index in [1.807, 2.05) is 0 Å². The molecule has 2 rings (SSSR count). The molecule has 82 valence electrons. The fourth-order valence-electron chi connectivity index (χ4n) is 1.50. The summed E-state index contributed by atoms with van der Waals surface area (Å²) in [4.78, 5) is 24.1. The van der Waals surface area contributed by atoms with E-state index >= 15 is 0 Å². The van der Waals surface area contributed by atoms with Crippen LogP contribution < -0.4 is 10.3 Å². The van der Waals surface area contributed by atoms with Crippen molar-refractivity contribution >= 4 is 16.6 Å². The molecule has 1 N–H and O–H groups in total. The second-order valence-corrected chi connectivity index (χ2v) is 3.17. The summed E-state index contributed by atoms with van der Waals surface area (Å²) in [5.41, 5.74) is -0.403. The molecule has 1 heterocycles. The van der Waals surface area contributed by atoms with Gasteiger partial charge in [-0.1, -0.05) is 12.1 Å². The normalized spacial score (nSPS) is 10.3. The van der Waals surface area contributed by atoms with Crippen molar-refractivity contribution in [3.63, 3.8) is 0 Å². The minimum Gasteiger partial charge on any atom is -0.491 e. The predicted molar refractivity (Wildman–Crippen MR) is 57.8 cm³/mol. The Morgan fingerprint density at radius 1 is 1.44 bits per heavy atom. The van der Waals surface area contributed by atoms with E-state index in [9.17, 15) is 14.9 Å². The summed E-state index contributed by atoms with van der Waals surface area (Å²) < 4.78 is 4.84. The Bertz CT molecular complexity index is 618. The number of benzene rings is 1. The molecule has 6 heteroatoms. The van der Waals surface area contributed by atoms with Crippen molar-refractivity contribution in [1.82, 2.24) is 4.98 Å². The Kier molecular flexibility index (Phi) is 2.32. The van der Waals surface area contributed by atoms with Crippen LogP contribution in [0.5, 0.6) is 5.75 Å². The first kappa shape index (κ1) is 10.2. The van der Waals surface area contributed by atoms with Gasteiger partial charge >= 0.3 is 0 Å². The van der Waals surface area contributed by atoms with Crippen LogP contribution in [-0.2, 0) is 0 Å². The largest absolute Gasteiger partial charge is 0.491 e. The monoisotopic (exact) mass is 220 g/mol. The molecule has 6 nitrogen and oxygen atoms in total. The van der Waals surface area contributed by atoms with Gasteiger partial charge in [0, 0.05) is 11.5 Å². The van der Waals surface area contributed by atoms with Gasteiger partial charge in [0.2, 0.25) is 0 Å². The van der Waals surface area contributed by atoms with Crippen LogP contribution in [0.3, 0.4) is 0 Å². The maximum atomic E-state index is 11.4. The molecule has 1 aromatic carbocycles. The van der Waals surface area contributed by atoms with Crippen molar-refractivity contribution < 1.29 is 9.66 Å². The highest BCUT2D eigenvalue weighted by Crippen LogP contribution is 2.23. The van der Waals surface area contributed by atoms with E-state index in [1.54, 1.807) is 12.1 Å². The molecule has 2 aromatic rings. The average molecular weight is 220 g/mol. The number of fused-ring (bicyclic) bond motifs is 1. The van der Waals surface area contributed by atoms with Crippen LogP contribution in [0.1, 0.15) is 0 Å². The highest BCUT2D eigenvalue weighted by atomic mass is 16.6. The highest BCUT2D eigenvalue weighted by molar-refractivity contribution is 5.87. The molecular formula is C10H8N2O4. The zero-order chi connectivity index (χ0) is 11.7. The summed E-state index contributed by atoms with van der Waals surface area (Å²) in [7, 11) is 1.37. The zero-order valence-electron chi connectivity index (χ0n) is 8.39. The average Bonchev–Trinajstić information content (AvgIpc) is 2.27. The zero-order valence-corrected chi connectivity index (χ0v) is 8.39. The van der Waals surface area contributed by atoms with Gasteiger partial charge in [0.1, 0.15) is 5.52 Å². The number of non-ortho nitro benzene ring substituents is 1. The van der Waals surface area contributed by atoms with Gasteiger partial charge in [-0.2, -0.15) is 0 Å². The summed E-state index contributed by atoms with van der Waals surface area (Å²) in [6.07, 6.45) is 0. The lowest BCUT2D eigenvalue weighted by Crippen LogP contribution is -2.09. The number of hydrogen-bond donors (Lipinski definition) is 1. The molecule has 0 radical (unpaired) electrons. The molecule has 0 unspecified atom stereocenters. The molecule has 1 aromatic heterocycles.